The molecule has 2 heteroatoms. The lowest BCUT2D eigenvalue weighted by Crippen LogP contribution is -2.19. The molecule has 2 fully saturated rings. The molecule has 18 heavy (non-hydrogen) atoms. The number of halogens is 1. The highest BCUT2D eigenvalue weighted by Gasteiger charge is 2.33. The van der Waals surface area contributed by atoms with Crippen LogP contribution in [0.25, 0.3) is 0 Å². The molecule has 2 aliphatic carbocycles. The zero-order valence-corrected chi connectivity index (χ0v) is 11.8. The van der Waals surface area contributed by atoms with Crippen molar-refractivity contribution >= 4 is 13.2 Å². The highest BCUT2D eigenvalue weighted by molar-refractivity contribution is 7.67. The number of benzene rings is 1. The molecule has 3 rings (SSSR count). The third-order valence-corrected chi connectivity index (χ3v) is 8.02. The van der Waals surface area contributed by atoms with Gasteiger partial charge in [0.15, 0.2) is 0 Å². The zero-order chi connectivity index (χ0) is 12.4. The van der Waals surface area contributed by atoms with Crippen molar-refractivity contribution in [3.8, 4) is 0 Å². The summed E-state index contributed by atoms with van der Waals surface area (Å²) in [6, 6.07) is 7.50. The van der Waals surface area contributed by atoms with Gasteiger partial charge < -0.3 is 0 Å². The van der Waals surface area contributed by atoms with Gasteiger partial charge in [-0.25, -0.2) is 4.39 Å². The van der Waals surface area contributed by atoms with Crippen LogP contribution in [0.2, 0.25) is 0 Å². The maximum Gasteiger partial charge on any atom is 0.123 e. The maximum atomic E-state index is 13.5. The second-order valence-corrected chi connectivity index (χ2v) is 8.56. The van der Waals surface area contributed by atoms with Gasteiger partial charge in [-0.2, -0.15) is 0 Å². The molecule has 0 N–H and O–H groups in total. The standard InChI is InChI=1S/C16H22FP/c17-13-6-5-11-16(12-13)18(14-7-1-2-8-14)15-9-3-4-10-15/h5-6,11-12,14-15H,1-4,7-10H2. The van der Waals surface area contributed by atoms with Crippen LogP contribution in [0.1, 0.15) is 51.4 Å². The van der Waals surface area contributed by atoms with Crippen molar-refractivity contribution in [3.05, 3.63) is 30.1 Å². The van der Waals surface area contributed by atoms with Gasteiger partial charge in [-0.1, -0.05) is 45.7 Å². The van der Waals surface area contributed by atoms with E-state index in [1.165, 1.54) is 56.7 Å². The Kier molecular flexibility index (Phi) is 3.99. The highest BCUT2D eigenvalue weighted by atomic mass is 31.1. The first-order chi connectivity index (χ1) is 8.84. The van der Waals surface area contributed by atoms with Gasteiger partial charge in [0.1, 0.15) is 5.82 Å². The Hall–Kier alpha value is -0.420. The van der Waals surface area contributed by atoms with Gasteiger partial charge in [0.05, 0.1) is 0 Å². The van der Waals surface area contributed by atoms with E-state index in [4.69, 9.17) is 0 Å². The van der Waals surface area contributed by atoms with E-state index in [2.05, 4.69) is 6.07 Å². The number of hydrogen-bond donors (Lipinski definition) is 0. The van der Waals surface area contributed by atoms with E-state index in [1.807, 2.05) is 12.1 Å². The Bertz CT molecular complexity index is 376. The minimum Gasteiger partial charge on any atom is -0.207 e. The summed E-state index contributed by atoms with van der Waals surface area (Å²) in [4.78, 5) is 0. The molecule has 0 heterocycles. The van der Waals surface area contributed by atoms with Gasteiger partial charge >= 0.3 is 0 Å². The van der Waals surface area contributed by atoms with E-state index in [9.17, 15) is 4.39 Å². The van der Waals surface area contributed by atoms with Crippen molar-refractivity contribution in [1.82, 2.24) is 0 Å². The first kappa shape index (κ1) is 12.6. The molecule has 2 aliphatic rings. The van der Waals surface area contributed by atoms with Crippen LogP contribution in [0.5, 0.6) is 0 Å². The minimum atomic E-state index is -0.114. The van der Waals surface area contributed by atoms with Crippen LogP contribution in [0, 0.1) is 5.82 Å². The second-order valence-electron chi connectivity index (χ2n) is 5.76. The summed E-state index contributed by atoms with van der Waals surface area (Å²) >= 11 is 0. The molecule has 0 bridgehead atoms. The quantitative estimate of drug-likeness (QED) is 0.687. The van der Waals surface area contributed by atoms with Crippen LogP contribution >= 0.6 is 7.92 Å². The van der Waals surface area contributed by atoms with Crippen molar-refractivity contribution < 1.29 is 4.39 Å². The first-order valence-corrected chi connectivity index (χ1v) is 8.86. The van der Waals surface area contributed by atoms with Gasteiger partial charge in [0.2, 0.25) is 0 Å². The molecular formula is C16H22FP. The first-order valence-electron chi connectivity index (χ1n) is 7.38. The summed E-state index contributed by atoms with van der Waals surface area (Å²) in [6.07, 6.45) is 11.1. The van der Waals surface area contributed by atoms with E-state index in [0.29, 0.717) is 0 Å². The molecule has 1 aromatic rings. The molecule has 0 spiro atoms. The minimum absolute atomic E-state index is 0.0454. The van der Waals surface area contributed by atoms with E-state index in [-0.39, 0.29) is 13.7 Å². The third-order valence-electron chi connectivity index (χ3n) is 4.54. The molecule has 2 saturated carbocycles. The topological polar surface area (TPSA) is 0 Å². The Morgan fingerprint density at radius 2 is 1.44 bits per heavy atom. The number of rotatable bonds is 3. The molecule has 0 aliphatic heterocycles. The lowest BCUT2D eigenvalue weighted by atomic mass is 10.3. The van der Waals surface area contributed by atoms with Crippen LogP contribution in [0.15, 0.2) is 24.3 Å². The van der Waals surface area contributed by atoms with Gasteiger partial charge in [0, 0.05) is 0 Å². The molecule has 1 aromatic carbocycles. The smallest absolute Gasteiger partial charge is 0.123 e. The Labute approximate surface area is 111 Å². The molecular weight excluding hydrogens is 242 g/mol. The van der Waals surface area contributed by atoms with E-state index < -0.39 is 0 Å². The second kappa shape index (κ2) is 5.70. The fraction of sp³-hybridized carbons (Fsp3) is 0.625. The lowest BCUT2D eigenvalue weighted by Gasteiger charge is -2.30. The molecule has 0 saturated heterocycles. The molecule has 0 amide bonds. The SMILES string of the molecule is Fc1cccc(P(C2CCCC2)C2CCCC2)c1. The highest BCUT2D eigenvalue weighted by Crippen LogP contribution is 2.56. The molecule has 0 aromatic heterocycles. The van der Waals surface area contributed by atoms with Gasteiger partial charge in [-0.05, 0) is 54.4 Å². The Morgan fingerprint density at radius 1 is 0.889 bits per heavy atom. The zero-order valence-electron chi connectivity index (χ0n) is 10.9. The van der Waals surface area contributed by atoms with Gasteiger partial charge in [0.25, 0.3) is 0 Å². The average Bonchev–Trinajstić information content (AvgIpc) is 3.02. The molecule has 0 unspecified atom stereocenters. The van der Waals surface area contributed by atoms with Crippen molar-refractivity contribution in [2.75, 3.05) is 0 Å². The fourth-order valence-electron chi connectivity index (χ4n) is 3.72. The van der Waals surface area contributed by atoms with Crippen LogP contribution in [-0.2, 0) is 0 Å². The van der Waals surface area contributed by atoms with Crippen LogP contribution in [-0.4, -0.2) is 11.3 Å². The number of hydrogen-bond acceptors (Lipinski definition) is 0. The van der Waals surface area contributed by atoms with Crippen molar-refractivity contribution in [1.29, 1.82) is 0 Å². The van der Waals surface area contributed by atoms with Gasteiger partial charge in [-0.3, -0.25) is 0 Å². The van der Waals surface area contributed by atoms with Crippen LogP contribution in [0.3, 0.4) is 0 Å². The van der Waals surface area contributed by atoms with Gasteiger partial charge in [-0.15, -0.1) is 0 Å². The predicted molar refractivity (Wildman–Crippen MR) is 77.5 cm³/mol. The van der Waals surface area contributed by atoms with Crippen molar-refractivity contribution in [2.45, 2.75) is 62.7 Å². The summed E-state index contributed by atoms with van der Waals surface area (Å²) in [7, 11) is -0.114. The molecule has 0 nitrogen and oxygen atoms in total. The normalized spacial score (nSPS) is 22.1. The largest absolute Gasteiger partial charge is 0.207 e. The summed E-state index contributed by atoms with van der Waals surface area (Å²) in [5, 5.41) is 1.34. The Morgan fingerprint density at radius 3 is 1.94 bits per heavy atom. The summed E-state index contributed by atoms with van der Waals surface area (Å²) in [5.74, 6) is -0.0454. The van der Waals surface area contributed by atoms with Crippen LogP contribution < -0.4 is 5.30 Å². The fourth-order valence-corrected chi connectivity index (χ4v) is 7.53. The summed E-state index contributed by atoms with van der Waals surface area (Å²) in [6.45, 7) is 0. The van der Waals surface area contributed by atoms with E-state index in [0.717, 1.165) is 11.3 Å². The maximum absolute atomic E-state index is 13.5. The van der Waals surface area contributed by atoms with E-state index >= 15 is 0 Å². The summed E-state index contributed by atoms with van der Waals surface area (Å²) in [5.41, 5.74) is 1.76. The van der Waals surface area contributed by atoms with Crippen LogP contribution in [0.4, 0.5) is 4.39 Å². The van der Waals surface area contributed by atoms with Crippen molar-refractivity contribution in [3.63, 3.8) is 0 Å². The molecule has 0 atom stereocenters. The van der Waals surface area contributed by atoms with Crippen molar-refractivity contribution in [2.24, 2.45) is 0 Å². The molecule has 0 radical (unpaired) electrons. The average molecular weight is 264 g/mol. The monoisotopic (exact) mass is 264 g/mol. The predicted octanol–water partition coefficient (Wildman–Crippen LogP) is 4.82. The Balaban J connectivity index is 1.88. The molecule has 98 valence electrons. The summed E-state index contributed by atoms with van der Waals surface area (Å²) < 4.78 is 13.5. The lowest BCUT2D eigenvalue weighted by molar-refractivity contribution is 0.629. The third kappa shape index (κ3) is 2.62. The van der Waals surface area contributed by atoms with E-state index in [1.54, 1.807) is 6.07 Å².